The molecule has 1 aliphatic rings. The highest BCUT2D eigenvalue weighted by atomic mass is 35.5. The van der Waals surface area contributed by atoms with Crippen LogP contribution in [0.4, 0.5) is 0 Å². The Hall–Kier alpha value is -2.22. The van der Waals surface area contributed by atoms with Gasteiger partial charge in [0.05, 0.1) is 11.8 Å². The number of rotatable bonds is 2. The Kier molecular flexibility index (Phi) is 4.02. The predicted molar refractivity (Wildman–Crippen MR) is 74.0 cm³/mol. The van der Waals surface area contributed by atoms with Crippen LogP contribution in [-0.2, 0) is 4.79 Å². The van der Waals surface area contributed by atoms with E-state index >= 15 is 0 Å². The van der Waals surface area contributed by atoms with Crippen LogP contribution < -0.4 is 0 Å². The second kappa shape index (κ2) is 5.92. The first-order valence-electron chi connectivity index (χ1n) is 5.27. The molecule has 1 aromatic carbocycles. The molecule has 0 bridgehead atoms. The zero-order valence-corrected chi connectivity index (χ0v) is 10.1. The maximum Gasteiger partial charge on any atom is 0.134 e. The minimum atomic E-state index is 0.383. The van der Waals surface area contributed by atoms with Crippen LogP contribution in [0.5, 0.6) is 0 Å². The number of carbonyl (C=O) groups excluding carboxylic acids is 1. The van der Waals surface area contributed by atoms with Gasteiger partial charge in [-0.15, -0.1) is 5.10 Å². The van der Waals surface area contributed by atoms with E-state index in [-0.39, 0.29) is 0 Å². The van der Waals surface area contributed by atoms with Gasteiger partial charge in [-0.25, -0.2) is 4.79 Å². The first-order chi connectivity index (χ1) is 8.81. The van der Waals surface area contributed by atoms with Crippen LogP contribution >= 0.6 is 11.6 Å². The van der Waals surface area contributed by atoms with Crippen molar-refractivity contribution < 1.29 is 4.79 Å². The van der Waals surface area contributed by atoms with Gasteiger partial charge < -0.3 is 0 Å². The Labute approximate surface area is 110 Å². The minimum absolute atomic E-state index is 0.383. The molecule has 0 unspecified atom stereocenters. The standard InChI is InChI=1S/C14H9ClN2O/c15-13-7-3-1-5-11(13)9-16-17-14-8-4-2-6-12(14)10-18/h1-9H/b16-9-,17-14-. The fraction of sp³-hybridized carbons (Fsp3) is 0. The molecule has 3 nitrogen and oxygen atoms in total. The molecule has 88 valence electrons. The molecule has 4 heteroatoms. The molecule has 1 aromatic rings. The van der Waals surface area contributed by atoms with Crippen molar-refractivity contribution in [1.29, 1.82) is 0 Å². The average molecular weight is 257 g/mol. The largest absolute Gasteiger partial charge is 0.233 e. The van der Waals surface area contributed by atoms with E-state index in [1.165, 1.54) is 0 Å². The average Bonchev–Trinajstić information content (AvgIpc) is 2.41. The van der Waals surface area contributed by atoms with E-state index in [2.05, 4.69) is 10.2 Å². The maximum atomic E-state index is 10.7. The number of allylic oxidation sites excluding steroid dienone is 5. The van der Waals surface area contributed by atoms with Gasteiger partial charge in [0.25, 0.3) is 0 Å². The number of halogens is 1. The summed E-state index contributed by atoms with van der Waals surface area (Å²) >= 11 is 5.97. The number of hydrogen-bond acceptors (Lipinski definition) is 3. The second-order valence-corrected chi connectivity index (χ2v) is 3.89. The summed E-state index contributed by atoms with van der Waals surface area (Å²) in [7, 11) is 0. The molecule has 0 N–H and O–H groups in total. The van der Waals surface area contributed by atoms with Crippen molar-refractivity contribution in [3.05, 3.63) is 64.7 Å². The monoisotopic (exact) mass is 256 g/mol. The van der Waals surface area contributed by atoms with Crippen LogP contribution in [-0.4, -0.2) is 17.9 Å². The van der Waals surface area contributed by atoms with E-state index in [9.17, 15) is 4.79 Å². The van der Waals surface area contributed by atoms with Crippen LogP contribution in [0, 0.1) is 0 Å². The summed E-state index contributed by atoms with van der Waals surface area (Å²) in [6.07, 6.45) is 8.41. The summed E-state index contributed by atoms with van der Waals surface area (Å²) < 4.78 is 0. The van der Waals surface area contributed by atoms with Gasteiger partial charge in [0.2, 0.25) is 0 Å². The summed E-state index contributed by atoms with van der Waals surface area (Å²) in [4.78, 5) is 10.7. The lowest BCUT2D eigenvalue weighted by Crippen LogP contribution is -1.99. The van der Waals surface area contributed by atoms with Crippen molar-refractivity contribution in [2.45, 2.75) is 0 Å². The Morgan fingerprint density at radius 2 is 1.94 bits per heavy atom. The van der Waals surface area contributed by atoms with Gasteiger partial charge >= 0.3 is 0 Å². The van der Waals surface area contributed by atoms with Crippen molar-refractivity contribution in [3.8, 4) is 0 Å². The number of hydrogen-bond donors (Lipinski definition) is 0. The quantitative estimate of drug-likeness (QED) is 0.456. The van der Waals surface area contributed by atoms with E-state index in [1.54, 1.807) is 36.6 Å². The molecular weight excluding hydrogens is 248 g/mol. The molecule has 0 saturated heterocycles. The lowest BCUT2D eigenvalue weighted by molar-refractivity contribution is 0.568. The molecule has 0 amide bonds. The minimum Gasteiger partial charge on any atom is -0.233 e. The highest BCUT2D eigenvalue weighted by Crippen LogP contribution is 2.12. The van der Waals surface area contributed by atoms with Gasteiger partial charge in [-0.05, 0) is 18.2 Å². The van der Waals surface area contributed by atoms with Gasteiger partial charge in [0.1, 0.15) is 11.7 Å². The summed E-state index contributed by atoms with van der Waals surface area (Å²) in [5.41, 5.74) is 1.64. The Morgan fingerprint density at radius 3 is 2.72 bits per heavy atom. The third-order valence-electron chi connectivity index (χ3n) is 2.28. The first-order valence-corrected chi connectivity index (χ1v) is 5.65. The molecule has 0 heterocycles. The van der Waals surface area contributed by atoms with E-state index in [0.717, 1.165) is 5.56 Å². The summed E-state index contributed by atoms with van der Waals surface area (Å²) in [6, 6.07) is 7.31. The molecule has 0 saturated carbocycles. The summed E-state index contributed by atoms with van der Waals surface area (Å²) in [6.45, 7) is 0. The highest BCUT2D eigenvalue weighted by Gasteiger charge is 2.04. The molecule has 0 atom stereocenters. The van der Waals surface area contributed by atoms with Crippen LogP contribution in [0.2, 0.25) is 5.02 Å². The van der Waals surface area contributed by atoms with Crippen molar-refractivity contribution in [1.82, 2.24) is 0 Å². The summed E-state index contributed by atoms with van der Waals surface area (Å²) in [5.74, 6) is 1.81. The molecule has 0 fully saturated rings. The molecule has 0 aliphatic heterocycles. The van der Waals surface area contributed by atoms with E-state index in [4.69, 9.17) is 11.6 Å². The van der Waals surface area contributed by atoms with Crippen LogP contribution in [0.3, 0.4) is 0 Å². The molecule has 2 rings (SSSR count). The van der Waals surface area contributed by atoms with Gasteiger partial charge in [0, 0.05) is 10.6 Å². The smallest absolute Gasteiger partial charge is 0.134 e. The number of nitrogens with zero attached hydrogens (tertiary/aromatic N) is 2. The van der Waals surface area contributed by atoms with E-state index in [0.29, 0.717) is 16.3 Å². The number of benzene rings is 1. The second-order valence-electron chi connectivity index (χ2n) is 3.49. The van der Waals surface area contributed by atoms with Crippen LogP contribution in [0.15, 0.2) is 64.3 Å². The molecule has 18 heavy (non-hydrogen) atoms. The lowest BCUT2D eigenvalue weighted by atomic mass is 10.1. The zero-order valence-electron chi connectivity index (χ0n) is 9.38. The molecule has 0 spiro atoms. The van der Waals surface area contributed by atoms with Crippen molar-refractivity contribution in [2.24, 2.45) is 10.2 Å². The van der Waals surface area contributed by atoms with Gasteiger partial charge in [-0.3, -0.25) is 0 Å². The molecular formula is C14H9ClN2O. The zero-order chi connectivity index (χ0) is 12.8. The topological polar surface area (TPSA) is 41.8 Å². The third-order valence-corrected chi connectivity index (χ3v) is 2.63. The van der Waals surface area contributed by atoms with Crippen molar-refractivity contribution >= 4 is 29.5 Å². The maximum absolute atomic E-state index is 10.7. The Morgan fingerprint density at radius 1 is 1.17 bits per heavy atom. The normalized spacial score (nSPS) is 16.5. The third kappa shape index (κ3) is 2.92. The van der Waals surface area contributed by atoms with Gasteiger partial charge in [-0.1, -0.05) is 42.0 Å². The fourth-order valence-corrected chi connectivity index (χ4v) is 1.56. The Balaban J connectivity index is 2.21. The van der Waals surface area contributed by atoms with Gasteiger partial charge in [0.15, 0.2) is 0 Å². The Bertz CT molecular complexity index is 620. The van der Waals surface area contributed by atoms with Crippen molar-refractivity contribution in [3.63, 3.8) is 0 Å². The SMILES string of the molecule is O=C=C1C=CC=C/C1=N/N=C\c1ccccc1Cl. The van der Waals surface area contributed by atoms with Crippen LogP contribution in [0.1, 0.15) is 5.56 Å². The fourth-order valence-electron chi connectivity index (χ4n) is 1.38. The van der Waals surface area contributed by atoms with E-state index in [1.807, 2.05) is 24.1 Å². The molecule has 0 radical (unpaired) electrons. The van der Waals surface area contributed by atoms with Gasteiger partial charge in [-0.2, -0.15) is 5.10 Å². The highest BCUT2D eigenvalue weighted by molar-refractivity contribution is 6.33. The summed E-state index contributed by atoms with van der Waals surface area (Å²) in [5, 5.41) is 8.48. The molecule has 1 aliphatic carbocycles. The van der Waals surface area contributed by atoms with E-state index < -0.39 is 0 Å². The molecule has 0 aromatic heterocycles. The van der Waals surface area contributed by atoms with Crippen molar-refractivity contribution in [2.75, 3.05) is 0 Å². The van der Waals surface area contributed by atoms with Crippen LogP contribution in [0.25, 0.3) is 0 Å². The predicted octanol–water partition coefficient (Wildman–Crippen LogP) is 3.00. The first kappa shape index (κ1) is 12.2. The lowest BCUT2D eigenvalue weighted by Gasteiger charge is -1.99.